The Balaban J connectivity index is 2.96. The van der Waals surface area contributed by atoms with E-state index in [1.54, 1.807) is 6.20 Å². The molecule has 3 heteroatoms. The lowest BCUT2D eigenvalue weighted by atomic mass is 10.0. The summed E-state index contributed by atoms with van der Waals surface area (Å²) in [5.41, 5.74) is 9.09. The van der Waals surface area contributed by atoms with Gasteiger partial charge in [0.25, 0.3) is 0 Å². The van der Waals surface area contributed by atoms with Crippen LogP contribution in [0.3, 0.4) is 0 Å². The van der Waals surface area contributed by atoms with Crippen molar-refractivity contribution >= 4 is 5.84 Å². The molecule has 0 atom stereocenters. The largest absolute Gasteiger partial charge is 0.382 e. The van der Waals surface area contributed by atoms with Crippen molar-refractivity contribution in [3.63, 3.8) is 0 Å². The van der Waals surface area contributed by atoms with Gasteiger partial charge >= 0.3 is 0 Å². The topological polar surface area (TPSA) is 41.6 Å². The predicted octanol–water partition coefficient (Wildman–Crippen LogP) is 3.73. The highest BCUT2D eigenvalue weighted by Crippen LogP contribution is 2.21. The quantitative estimate of drug-likeness (QED) is 0.583. The van der Waals surface area contributed by atoms with Crippen LogP contribution in [0, 0.1) is 0 Å². The van der Waals surface area contributed by atoms with Crippen molar-refractivity contribution < 1.29 is 0 Å². The zero-order valence-electron chi connectivity index (χ0n) is 12.3. The fourth-order valence-corrected chi connectivity index (χ4v) is 2.08. The van der Waals surface area contributed by atoms with Crippen LogP contribution in [0.5, 0.6) is 0 Å². The highest BCUT2D eigenvalue weighted by molar-refractivity contribution is 5.99. The van der Waals surface area contributed by atoms with Gasteiger partial charge in [-0.1, -0.05) is 38.5 Å². The SMILES string of the molecule is C=C(C=CC)C(C)=C1C(N)=NC=CN1CCCCC. The Kier molecular flexibility index (Phi) is 6.13. The van der Waals surface area contributed by atoms with Gasteiger partial charge in [0.1, 0.15) is 5.84 Å². The normalized spacial score (nSPS) is 17.8. The summed E-state index contributed by atoms with van der Waals surface area (Å²) < 4.78 is 0. The average molecular weight is 259 g/mol. The van der Waals surface area contributed by atoms with Crippen molar-refractivity contribution in [1.29, 1.82) is 0 Å². The molecule has 1 aliphatic heterocycles. The van der Waals surface area contributed by atoms with Crippen LogP contribution in [0.25, 0.3) is 0 Å². The zero-order valence-corrected chi connectivity index (χ0v) is 12.3. The number of hydrogen-bond donors (Lipinski definition) is 1. The minimum Gasteiger partial charge on any atom is -0.382 e. The van der Waals surface area contributed by atoms with E-state index < -0.39 is 0 Å². The molecular weight excluding hydrogens is 234 g/mol. The molecule has 0 radical (unpaired) electrons. The lowest BCUT2D eigenvalue weighted by Gasteiger charge is -2.27. The van der Waals surface area contributed by atoms with Crippen LogP contribution in [0.2, 0.25) is 0 Å². The number of rotatable bonds is 6. The van der Waals surface area contributed by atoms with E-state index in [0.717, 1.165) is 29.8 Å². The van der Waals surface area contributed by atoms with E-state index in [-0.39, 0.29) is 0 Å². The second-order valence-corrected chi connectivity index (χ2v) is 4.71. The Morgan fingerprint density at radius 3 is 2.84 bits per heavy atom. The molecule has 0 aromatic carbocycles. The van der Waals surface area contributed by atoms with Crippen molar-refractivity contribution in [3.8, 4) is 0 Å². The number of hydrogen-bond acceptors (Lipinski definition) is 3. The van der Waals surface area contributed by atoms with Gasteiger partial charge in [0.2, 0.25) is 0 Å². The van der Waals surface area contributed by atoms with E-state index >= 15 is 0 Å². The van der Waals surface area contributed by atoms with Gasteiger partial charge < -0.3 is 10.6 Å². The molecule has 2 N–H and O–H groups in total. The molecule has 3 nitrogen and oxygen atoms in total. The first kappa shape index (κ1) is 15.3. The molecule has 0 bridgehead atoms. The monoisotopic (exact) mass is 259 g/mol. The second-order valence-electron chi connectivity index (χ2n) is 4.71. The van der Waals surface area contributed by atoms with Crippen molar-refractivity contribution in [2.45, 2.75) is 40.0 Å². The van der Waals surface area contributed by atoms with Crippen LogP contribution in [0.1, 0.15) is 40.0 Å². The number of aliphatic imine (C=N–C) groups is 1. The van der Waals surface area contributed by atoms with E-state index in [9.17, 15) is 0 Å². The molecule has 1 rings (SSSR count). The molecule has 0 aliphatic carbocycles. The van der Waals surface area contributed by atoms with Crippen LogP contribution in [0.4, 0.5) is 0 Å². The molecule has 19 heavy (non-hydrogen) atoms. The highest BCUT2D eigenvalue weighted by atomic mass is 15.2. The van der Waals surface area contributed by atoms with Crippen LogP contribution in [0.15, 0.2) is 53.0 Å². The van der Waals surface area contributed by atoms with Gasteiger partial charge in [0.15, 0.2) is 0 Å². The molecule has 0 unspecified atom stereocenters. The van der Waals surface area contributed by atoms with Crippen LogP contribution >= 0.6 is 0 Å². The van der Waals surface area contributed by atoms with Crippen LogP contribution < -0.4 is 5.73 Å². The maximum absolute atomic E-state index is 6.04. The van der Waals surface area contributed by atoms with Crippen molar-refractivity contribution in [1.82, 2.24) is 4.90 Å². The van der Waals surface area contributed by atoms with Crippen LogP contribution in [-0.2, 0) is 0 Å². The summed E-state index contributed by atoms with van der Waals surface area (Å²) in [6.07, 6.45) is 11.3. The van der Waals surface area contributed by atoms with E-state index in [4.69, 9.17) is 5.73 Å². The summed E-state index contributed by atoms with van der Waals surface area (Å²) in [6, 6.07) is 0. The summed E-state index contributed by atoms with van der Waals surface area (Å²) in [5, 5.41) is 0. The number of unbranched alkanes of at least 4 members (excludes halogenated alkanes) is 2. The van der Waals surface area contributed by atoms with Gasteiger partial charge in [0.05, 0.1) is 5.70 Å². The minimum atomic E-state index is 0.571. The number of allylic oxidation sites excluding steroid dienone is 4. The van der Waals surface area contributed by atoms with E-state index in [1.165, 1.54) is 12.8 Å². The number of amidine groups is 1. The van der Waals surface area contributed by atoms with E-state index in [2.05, 4.69) is 23.4 Å². The van der Waals surface area contributed by atoms with Gasteiger partial charge in [-0.25, -0.2) is 4.99 Å². The Labute approximate surface area is 116 Å². The Bertz CT molecular complexity index is 439. The smallest absolute Gasteiger partial charge is 0.147 e. The molecule has 0 spiro atoms. The summed E-state index contributed by atoms with van der Waals surface area (Å²) in [6.45, 7) is 11.3. The third-order valence-electron chi connectivity index (χ3n) is 3.20. The fraction of sp³-hybridized carbons (Fsp3) is 0.438. The summed E-state index contributed by atoms with van der Waals surface area (Å²) in [7, 11) is 0. The Hall–Kier alpha value is -1.77. The van der Waals surface area contributed by atoms with Gasteiger partial charge in [-0.05, 0) is 31.4 Å². The summed E-state index contributed by atoms with van der Waals surface area (Å²) >= 11 is 0. The number of nitrogens with zero attached hydrogens (tertiary/aromatic N) is 2. The lowest BCUT2D eigenvalue weighted by molar-refractivity contribution is 0.452. The maximum atomic E-state index is 6.04. The van der Waals surface area contributed by atoms with Crippen LogP contribution in [-0.4, -0.2) is 17.3 Å². The predicted molar refractivity (Wildman–Crippen MR) is 83.6 cm³/mol. The second kappa shape index (κ2) is 7.62. The standard InChI is InChI=1S/C16H25N3/c1-5-7-8-11-19-12-10-18-16(17)15(19)14(4)13(3)9-6-2/h6,9-10,12H,3,5,7-8,11H2,1-2,4H3,(H2,17,18). The average Bonchev–Trinajstić information content (AvgIpc) is 2.39. The fourth-order valence-electron chi connectivity index (χ4n) is 2.08. The third kappa shape index (κ3) is 4.12. The molecular formula is C16H25N3. The van der Waals surface area contributed by atoms with Crippen molar-refractivity contribution in [2.75, 3.05) is 6.54 Å². The third-order valence-corrected chi connectivity index (χ3v) is 3.20. The molecule has 1 heterocycles. The van der Waals surface area contributed by atoms with Gasteiger partial charge in [-0.15, -0.1) is 0 Å². The van der Waals surface area contributed by atoms with Crippen molar-refractivity contribution in [2.24, 2.45) is 10.7 Å². The molecule has 1 aliphatic rings. The molecule has 0 saturated heterocycles. The Morgan fingerprint density at radius 2 is 2.21 bits per heavy atom. The van der Waals surface area contributed by atoms with E-state index in [0.29, 0.717) is 5.84 Å². The molecule has 104 valence electrons. The summed E-state index contributed by atoms with van der Waals surface area (Å²) in [5.74, 6) is 0.571. The van der Waals surface area contributed by atoms with Gasteiger partial charge in [-0.2, -0.15) is 0 Å². The lowest BCUT2D eigenvalue weighted by Crippen LogP contribution is -2.32. The number of nitrogens with two attached hydrogens (primary N) is 1. The first-order chi connectivity index (χ1) is 9.11. The molecule has 0 aromatic rings. The van der Waals surface area contributed by atoms with Gasteiger partial charge in [-0.3, -0.25) is 0 Å². The Morgan fingerprint density at radius 1 is 1.47 bits per heavy atom. The first-order valence-electron chi connectivity index (χ1n) is 6.91. The molecule has 0 fully saturated rings. The van der Waals surface area contributed by atoms with E-state index in [1.807, 2.05) is 32.2 Å². The molecule has 0 saturated carbocycles. The van der Waals surface area contributed by atoms with Gasteiger partial charge in [0, 0.05) is 18.9 Å². The maximum Gasteiger partial charge on any atom is 0.147 e. The zero-order chi connectivity index (χ0) is 14.3. The summed E-state index contributed by atoms with van der Waals surface area (Å²) in [4.78, 5) is 6.39. The molecule has 0 aromatic heterocycles. The highest BCUT2D eigenvalue weighted by Gasteiger charge is 2.17. The minimum absolute atomic E-state index is 0.571. The van der Waals surface area contributed by atoms with Crippen molar-refractivity contribution in [3.05, 3.63) is 48.0 Å². The first-order valence-corrected chi connectivity index (χ1v) is 6.91. The molecule has 0 amide bonds.